The van der Waals surface area contributed by atoms with Crippen LogP contribution < -0.4 is 4.72 Å². The zero-order valence-electron chi connectivity index (χ0n) is 12.3. The van der Waals surface area contributed by atoms with Crippen molar-refractivity contribution in [2.45, 2.75) is 50.5 Å². The topological polar surface area (TPSA) is 83.5 Å². The zero-order chi connectivity index (χ0) is 15.6. The van der Waals surface area contributed by atoms with Gasteiger partial charge in [-0.05, 0) is 55.9 Å². The van der Waals surface area contributed by atoms with E-state index < -0.39 is 28.0 Å². The lowest BCUT2D eigenvalue weighted by molar-refractivity contribution is -0.141. The Morgan fingerprint density at radius 3 is 2.43 bits per heavy atom. The average molecular weight is 311 g/mol. The van der Waals surface area contributed by atoms with Crippen LogP contribution in [0.4, 0.5) is 0 Å². The van der Waals surface area contributed by atoms with E-state index >= 15 is 0 Å². The maximum absolute atomic E-state index is 12.4. The minimum absolute atomic E-state index is 0.215. The Balaban J connectivity index is 2.21. The van der Waals surface area contributed by atoms with Gasteiger partial charge in [-0.3, -0.25) is 4.79 Å². The molecule has 0 aliphatic heterocycles. The summed E-state index contributed by atoms with van der Waals surface area (Å²) < 4.78 is 27.2. The Morgan fingerprint density at radius 1 is 1.19 bits per heavy atom. The monoisotopic (exact) mass is 311 g/mol. The van der Waals surface area contributed by atoms with Gasteiger partial charge in [-0.25, -0.2) is 13.1 Å². The van der Waals surface area contributed by atoms with E-state index in [1.807, 2.05) is 6.07 Å². The molecule has 2 atom stereocenters. The Bertz CT molecular complexity index is 639. The van der Waals surface area contributed by atoms with Crippen molar-refractivity contribution in [1.82, 2.24) is 4.72 Å². The molecule has 6 heteroatoms. The number of aryl methyl sites for hydroxylation is 2. The molecule has 2 rings (SSSR count). The summed E-state index contributed by atoms with van der Waals surface area (Å²) in [6.07, 6.45) is 4.12. The zero-order valence-corrected chi connectivity index (χ0v) is 13.1. The van der Waals surface area contributed by atoms with Gasteiger partial charge in [0.15, 0.2) is 0 Å². The molecule has 1 aliphatic rings. The highest BCUT2D eigenvalue weighted by Gasteiger charge is 2.25. The van der Waals surface area contributed by atoms with E-state index in [4.69, 9.17) is 5.11 Å². The SMILES string of the molecule is CC(NS(=O)(=O)c1ccc2c(c1)CCCC2)C(C)C(=O)O. The average Bonchev–Trinajstić information content (AvgIpc) is 2.45. The van der Waals surface area contributed by atoms with Gasteiger partial charge in [0.1, 0.15) is 0 Å². The molecule has 1 aromatic rings. The molecule has 2 unspecified atom stereocenters. The van der Waals surface area contributed by atoms with Gasteiger partial charge in [0.2, 0.25) is 10.0 Å². The second-order valence-corrected chi connectivity index (χ2v) is 7.39. The van der Waals surface area contributed by atoms with E-state index in [1.54, 1.807) is 19.1 Å². The Kier molecular flexibility index (Phi) is 4.68. The summed E-state index contributed by atoms with van der Waals surface area (Å²) in [4.78, 5) is 11.1. The van der Waals surface area contributed by atoms with Crippen LogP contribution in [-0.4, -0.2) is 25.5 Å². The normalized spacial score (nSPS) is 17.8. The highest BCUT2D eigenvalue weighted by molar-refractivity contribution is 7.89. The second kappa shape index (κ2) is 6.15. The lowest BCUT2D eigenvalue weighted by Gasteiger charge is -2.20. The van der Waals surface area contributed by atoms with Gasteiger partial charge in [-0.1, -0.05) is 13.0 Å². The number of benzene rings is 1. The van der Waals surface area contributed by atoms with Crippen molar-refractivity contribution >= 4 is 16.0 Å². The minimum Gasteiger partial charge on any atom is -0.481 e. The predicted octanol–water partition coefficient (Wildman–Crippen LogP) is 1.95. The number of rotatable bonds is 5. The molecule has 116 valence electrons. The number of carboxylic acid groups (broad SMARTS) is 1. The molecule has 2 N–H and O–H groups in total. The summed E-state index contributed by atoms with van der Waals surface area (Å²) >= 11 is 0. The first-order chi connectivity index (χ1) is 9.81. The standard InChI is InChI=1S/C15H21NO4S/c1-10(15(17)18)11(2)16-21(19,20)14-8-7-12-5-3-4-6-13(12)9-14/h7-11,16H,3-6H2,1-2H3,(H,17,18). The van der Waals surface area contributed by atoms with Gasteiger partial charge in [0, 0.05) is 6.04 Å². The highest BCUT2D eigenvalue weighted by Crippen LogP contribution is 2.24. The molecule has 5 nitrogen and oxygen atoms in total. The van der Waals surface area contributed by atoms with Gasteiger partial charge in [0.25, 0.3) is 0 Å². The van der Waals surface area contributed by atoms with E-state index in [0.29, 0.717) is 0 Å². The smallest absolute Gasteiger partial charge is 0.307 e. The summed E-state index contributed by atoms with van der Waals surface area (Å²) in [5.74, 6) is -1.80. The fraction of sp³-hybridized carbons (Fsp3) is 0.533. The van der Waals surface area contributed by atoms with Crippen LogP contribution in [0.25, 0.3) is 0 Å². The van der Waals surface area contributed by atoms with E-state index in [1.165, 1.54) is 12.5 Å². The van der Waals surface area contributed by atoms with Gasteiger partial charge in [-0.15, -0.1) is 0 Å². The van der Waals surface area contributed by atoms with Crippen LogP contribution in [0.1, 0.15) is 37.8 Å². The van der Waals surface area contributed by atoms with Crippen LogP contribution in [0.2, 0.25) is 0 Å². The molecule has 0 saturated heterocycles. The van der Waals surface area contributed by atoms with Gasteiger partial charge < -0.3 is 5.11 Å². The molecule has 1 aliphatic carbocycles. The Hall–Kier alpha value is -1.40. The molecule has 0 aromatic heterocycles. The third-order valence-corrected chi connectivity index (χ3v) is 5.67. The van der Waals surface area contributed by atoms with Crippen molar-refractivity contribution in [1.29, 1.82) is 0 Å². The number of hydrogen-bond donors (Lipinski definition) is 2. The number of nitrogens with one attached hydrogen (secondary N) is 1. The molecule has 0 spiro atoms. The molecule has 0 bridgehead atoms. The van der Waals surface area contributed by atoms with Crippen LogP contribution in [0.3, 0.4) is 0 Å². The lowest BCUT2D eigenvalue weighted by atomic mass is 9.92. The van der Waals surface area contributed by atoms with Crippen LogP contribution in [-0.2, 0) is 27.7 Å². The molecular formula is C15H21NO4S. The van der Waals surface area contributed by atoms with Crippen LogP contribution >= 0.6 is 0 Å². The third-order valence-electron chi connectivity index (χ3n) is 4.11. The van der Waals surface area contributed by atoms with Crippen LogP contribution in [0, 0.1) is 5.92 Å². The maximum atomic E-state index is 12.4. The maximum Gasteiger partial charge on any atom is 0.307 e. The summed E-state index contributed by atoms with van der Waals surface area (Å²) in [7, 11) is -3.68. The third kappa shape index (κ3) is 3.63. The number of carboxylic acids is 1. The van der Waals surface area contributed by atoms with Crippen LogP contribution in [0.5, 0.6) is 0 Å². The lowest BCUT2D eigenvalue weighted by Crippen LogP contribution is -2.40. The summed E-state index contributed by atoms with van der Waals surface area (Å²) in [5.41, 5.74) is 2.30. The fourth-order valence-corrected chi connectivity index (χ4v) is 3.88. The van der Waals surface area contributed by atoms with E-state index in [0.717, 1.165) is 31.2 Å². The van der Waals surface area contributed by atoms with E-state index in [9.17, 15) is 13.2 Å². The number of sulfonamides is 1. The number of hydrogen-bond acceptors (Lipinski definition) is 3. The minimum atomic E-state index is -3.68. The summed E-state index contributed by atoms with van der Waals surface area (Å²) in [6, 6.07) is 4.53. The quantitative estimate of drug-likeness (QED) is 0.870. The number of fused-ring (bicyclic) bond motifs is 1. The molecule has 0 amide bonds. The molecular weight excluding hydrogens is 290 g/mol. The van der Waals surface area contributed by atoms with Gasteiger partial charge in [-0.2, -0.15) is 0 Å². The molecule has 21 heavy (non-hydrogen) atoms. The van der Waals surface area contributed by atoms with Crippen molar-refractivity contribution in [3.05, 3.63) is 29.3 Å². The first-order valence-electron chi connectivity index (χ1n) is 7.18. The van der Waals surface area contributed by atoms with Gasteiger partial charge >= 0.3 is 5.97 Å². The second-order valence-electron chi connectivity index (χ2n) is 5.67. The predicted molar refractivity (Wildman–Crippen MR) is 79.7 cm³/mol. The first-order valence-corrected chi connectivity index (χ1v) is 8.66. The molecule has 0 fully saturated rings. The van der Waals surface area contributed by atoms with Crippen molar-refractivity contribution in [3.8, 4) is 0 Å². The molecule has 1 aromatic carbocycles. The van der Waals surface area contributed by atoms with Crippen molar-refractivity contribution < 1.29 is 18.3 Å². The summed E-state index contributed by atoms with van der Waals surface area (Å²) in [6.45, 7) is 3.05. The Labute approximate surface area is 125 Å². The van der Waals surface area contributed by atoms with Crippen molar-refractivity contribution in [3.63, 3.8) is 0 Å². The highest BCUT2D eigenvalue weighted by atomic mass is 32.2. The Morgan fingerprint density at radius 2 is 1.81 bits per heavy atom. The van der Waals surface area contributed by atoms with Crippen LogP contribution in [0.15, 0.2) is 23.1 Å². The van der Waals surface area contributed by atoms with E-state index in [-0.39, 0.29) is 4.90 Å². The summed E-state index contributed by atoms with van der Waals surface area (Å²) in [5, 5.41) is 8.94. The molecule has 0 heterocycles. The number of carbonyl (C=O) groups is 1. The van der Waals surface area contributed by atoms with Crippen molar-refractivity contribution in [2.24, 2.45) is 5.92 Å². The fourth-order valence-electron chi connectivity index (χ4n) is 2.51. The van der Waals surface area contributed by atoms with Crippen molar-refractivity contribution in [2.75, 3.05) is 0 Å². The van der Waals surface area contributed by atoms with E-state index in [2.05, 4.69) is 4.72 Å². The molecule has 0 radical (unpaired) electrons. The number of aliphatic carboxylic acids is 1. The van der Waals surface area contributed by atoms with Gasteiger partial charge in [0.05, 0.1) is 10.8 Å². The molecule has 0 saturated carbocycles. The first kappa shape index (κ1) is 16.0. The largest absolute Gasteiger partial charge is 0.481 e.